The number of aromatic nitrogens is 4. The highest BCUT2D eigenvalue weighted by Crippen LogP contribution is 2.18. The van der Waals surface area contributed by atoms with Crippen molar-refractivity contribution in [1.82, 2.24) is 25.1 Å². The molecule has 2 N–H and O–H groups in total. The molecule has 2 amide bonds. The maximum Gasteiger partial charge on any atom is 0.251 e. The van der Waals surface area contributed by atoms with E-state index in [-0.39, 0.29) is 24.1 Å². The number of hydrogen-bond acceptors (Lipinski definition) is 7. The summed E-state index contributed by atoms with van der Waals surface area (Å²) < 4.78 is 1.89. The van der Waals surface area contributed by atoms with E-state index in [0.717, 1.165) is 5.56 Å². The molecule has 146 valence electrons. The first-order chi connectivity index (χ1) is 13.6. The van der Waals surface area contributed by atoms with Crippen molar-refractivity contribution in [2.45, 2.75) is 32.1 Å². The molecule has 0 fully saturated rings. The molecular formula is C18H20N6O2S2. The van der Waals surface area contributed by atoms with Crippen LogP contribution >= 0.6 is 23.1 Å². The summed E-state index contributed by atoms with van der Waals surface area (Å²) in [6.45, 7) is 4.77. The van der Waals surface area contributed by atoms with Crippen LogP contribution < -0.4 is 10.6 Å². The molecule has 0 aliphatic heterocycles. The Labute approximate surface area is 170 Å². The van der Waals surface area contributed by atoms with Crippen LogP contribution in [0.2, 0.25) is 0 Å². The zero-order valence-corrected chi connectivity index (χ0v) is 17.1. The Morgan fingerprint density at radius 2 is 2.07 bits per heavy atom. The SMILES string of the molecule is CCn1c(CNC(=O)c2ccccc2C)nnc1SCC(=O)Nc1nccs1. The van der Waals surface area contributed by atoms with Crippen molar-refractivity contribution in [2.24, 2.45) is 0 Å². The predicted octanol–water partition coefficient (Wildman–Crippen LogP) is 2.72. The van der Waals surface area contributed by atoms with E-state index in [1.807, 2.05) is 36.6 Å². The molecule has 0 saturated heterocycles. The zero-order valence-electron chi connectivity index (χ0n) is 15.5. The quantitative estimate of drug-likeness (QED) is 0.548. The second-order valence-corrected chi connectivity index (χ2v) is 7.65. The van der Waals surface area contributed by atoms with Gasteiger partial charge in [-0.25, -0.2) is 4.98 Å². The minimum atomic E-state index is -0.153. The standard InChI is InChI=1S/C18H20N6O2S2/c1-3-24-14(10-20-16(26)13-7-5-4-6-12(13)2)22-23-18(24)28-11-15(25)21-17-19-8-9-27-17/h4-9H,3,10-11H2,1-2H3,(H,20,26)(H,19,21,25). The van der Waals surface area contributed by atoms with E-state index >= 15 is 0 Å². The molecular weight excluding hydrogens is 396 g/mol. The van der Waals surface area contributed by atoms with Crippen molar-refractivity contribution in [3.05, 3.63) is 52.8 Å². The number of thiazole rings is 1. The van der Waals surface area contributed by atoms with E-state index in [1.54, 1.807) is 17.6 Å². The van der Waals surface area contributed by atoms with Crippen molar-refractivity contribution < 1.29 is 9.59 Å². The van der Waals surface area contributed by atoms with Gasteiger partial charge in [-0.1, -0.05) is 30.0 Å². The third-order valence-corrected chi connectivity index (χ3v) is 5.57. The molecule has 0 radical (unpaired) electrons. The molecule has 10 heteroatoms. The smallest absolute Gasteiger partial charge is 0.251 e. The van der Waals surface area contributed by atoms with Crippen LogP contribution in [-0.4, -0.2) is 37.3 Å². The molecule has 1 aromatic carbocycles. The molecule has 0 spiro atoms. The summed E-state index contributed by atoms with van der Waals surface area (Å²) in [6, 6.07) is 7.42. The third kappa shape index (κ3) is 4.96. The number of hydrogen-bond donors (Lipinski definition) is 2. The van der Waals surface area contributed by atoms with E-state index in [2.05, 4.69) is 25.8 Å². The number of aryl methyl sites for hydroxylation is 1. The normalized spacial score (nSPS) is 10.6. The van der Waals surface area contributed by atoms with Crippen molar-refractivity contribution in [1.29, 1.82) is 0 Å². The summed E-state index contributed by atoms with van der Waals surface area (Å²) in [5, 5.41) is 16.9. The summed E-state index contributed by atoms with van der Waals surface area (Å²) in [6.07, 6.45) is 1.64. The molecule has 3 rings (SSSR count). The number of anilines is 1. The number of carbonyl (C=O) groups is 2. The molecule has 0 atom stereocenters. The van der Waals surface area contributed by atoms with Crippen LogP contribution in [-0.2, 0) is 17.9 Å². The van der Waals surface area contributed by atoms with Crippen molar-refractivity contribution >= 4 is 40.0 Å². The summed E-state index contributed by atoms with van der Waals surface area (Å²) in [7, 11) is 0. The summed E-state index contributed by atoms with van der Waals surface area (Å²) in [4.78, 5) is 28.4. The maximum absolute atomic E-state index is 12.4. The predicted molar refractivity (Wildman–Crippen MR) is 110 cm³/mol. The minimum Gasteiger partial charge on any atom is -0.345 e. The largest absolute Gasteiger partial charge is 0.345 e. The molecule has 2 aromatic heterocycles. The van der Waals surface area contributed by atoms with Crippen molar-refractivity contribution in [3.8, 4) is 0 Å². The Hall–Kier alpha value is -2.72. The van der Waals surface area contributed by atoms with E-state index in [0.29, 0.717) is 28.2 Å². The van der Waals surface area contributed by atoms with Gasteiger partial charge in [0.2, 0.25) is 5.91 Å². The average molecular weight is 417 g/mol. The Morgan fingerprint density at radius 3 is 2.79 bits per heavy atom. The first kappa shape index (κ1) is 20.0. The molecule has 0 bridgehead atoms. The lowest BCUT2D eigenvalue weighted by molar-refractivity contribution is -0.113. The molecule has 8 nitrogen and oxygen atoms in total. The number of amides is 2. The van der Waals surface area contributed by atoms with E-state index < -0.39 is 0 Å². The number of thioether (sulfide) groups is 1. The van der Waals surface area contributed by atoms with Gasteiger partial charge >= 0.3 is 0 Å². The molecule has 0 unspecified atom stereocenters. The van der Waals surface area contributed by atoms with E-state index in [9.17, 15) is 9.59 Å². The Balaban J connectivity index is 1.58. The van der Waals surface area contributed by atoms with Crippen LogP contribution in [0.15, 0.2) is 41.0 Å². The van der Waals surface area contributed by atoms with Gasteiger partial charge in [0, 0.05) is 23.7 Å². The van der Waals surface area contributed by atoms with Gasteiger partial charge in [0.15, 0.2) is 16.1 Å². The van der Waals surface area contributed by atoms with Crippen molar-refractivity contribution in [2.75, 3.05) is 11.1 Å². The molecule has 28 heavy (non-hydrogen) atoms. The van der Waals surface area contributed by atoms with E-state index in [4.69, 9.17) is 0 Å². The lowest BCUT2D eigenvalue weighted by atomic mass is 10.1. The van der Waals surface area contributed by atoms with Crippen LogP contribution in [0, 0.1) is 6.92 Å². The summed E-state index contributed by atoms with van der Waals surface area (Å²) in [5.41, 5.74) is 1.55. The van der Waals surface area contributed by atoms with Crippen LogP contribution in [0.5, 0.6) is 0 Å². The van der Waals surface area contributed by atoms with Gasteiger partial charge in [-0.3, -0.25) is 9.59 Å². The second-order valence-electron chi connectivity index (χ2n) is 5.81. The highest BCUT2D eigenvalue weighted by atomic mass is 32.2. The molecule has 2 heterocycles. The van der Waals surface area contributed by atoms with Gasteiger partial charge < -0.3 is 15.2 Å². The average Bonchev–Trinajstić information content (AvgIpc) is 3.34. The lowest BCUT2D eigenvalue weighted by Crippen LogP contribution is -2.25. The topological polar surface area (TPSA) is 102 Å². The summed E-state index contributed by atoms with van der Waals surface area (Å²) >= 11 is 2.66. The Kier molecular flexibility index (Phi) is 6.77. The zero-order chi connectivity index (χ0) is 19.9. The van der Waals surface area contributed by atoms with Gasteiger partial charge in [0.25, 0.3) is 5.91 Å². The molecule has 3 aromatic rings. The minimum absolute atomic E-state index is 0.152. The Morgan fingerprint density at radius 1 is 1.25 bits per heavy atom. The Bertz CT molecular complexity index is 955. The first-order valence-electron chi connectivity index (χ1n) is 8.66. The third-order valence-electron chi connectivity index (χ3n) is 3.92. The lowest BCUT2D eigenvalue weighted by Gasteiger charge is -2.09. The number of nitrogens with one attached hydrogen (secondary N) is 2. The van der Waals surface area contributed by atoms with E-state index in [1.165, 1.54) is 23.1 Å². The summed E-state index contributed by atoms with van der Waals surface area (Å²) in [5.74, 6) is 0.542. The second kappa shape index (κ2) is 9.47. The number of benzene rings is 1. The van der Waals surface area contributed by atoms with Crippen LogP contribution in [0.3, 0.4) is 0 Å². The van der Waals surface area contributed by atoms with Gasteiger partial charge in [-0.2, -0.15) is 0 Å². The fourth-order valence-corrected chi connectivity index (χ4v) is 3.89. The maximum atomic E-state index is 12.4. The van der Waals surface area contributed by atoms with Gasteiger partial charge in [0.1, 0.15) is 0 Å². The number of rotatable bonds is 8. The highest BCUT2D eigenvalue weighted by Gasteiger charge is 2.15. The highest BCUT2D eigenvalue weighted by molar-refractivity contribution is 7.99. The molecule has 0 aliphatic carbocycles. The number of carbonyl (C=O) groups excluding carboxylic acids is 2. The first-order valence-corrected chi connectivity index (χ1v) is 10.5. The monoisotopic (exact) mass is 416 g/mol. The van der Waals surface area contributed by atoms with Gasteiger partial charge in [0.05, 0.1) is 12.3 Å². The van der Waals surface area contributed by atoms with Crippen LogP contribution in [0.1, 0.15) is 28.7 Å². The van der Waals surface area contributed by atoms with Crippen LogP contribution in [0.4, 0.5) is 5.13 Å². The molecule has 0 saturated carbocycles. The fraction of sp³-hybridized carbons (Fsp3) is 0.278. The molecule has 0 aliphatic rings. The fourth-order valence-electron chi connectivity index (χ4n) is 2.53. The van der Waals surface area contributed by atoms with Gasteiger partial charge in [-0.05, 0) is 25.5 Å². The van der Waals surface area contributed by atoms with Gasteiger partial charge in [-0.15, -0.1) is 21.5 Å². The number of nitrogens with zero attached hydrogens (tertiary/aromatic N) is 4. The van der Waals surface area contributed by atoms with Crippen molar-refractivity contribution in [3.63, 3.8) is 0 Å². The van der Waals surface area contributed by atoms with Crippen LogP contribution in [0.25, 0.3) is 0 Å².